The van der Waals surface area contributed by atoms with Crippen LogP contribution in [0, 0.1) is 17.3 Å². The smallest absolute Gasteiger partial charge is 0.0413 e. The maximum atomic E-state index is 4.55. The van der Waals surface area contributed by atoms with Gasteiger partial charge in [0.1, 0.15) is 0 Å². The fourth-order valence-corrected chi connectivity index (χ4v) is 3.69. The van der Waals surface area contributed by atoms with Gasteiger partial charge in [0.05, 0.1) is 0 Å². The molecule has 1 heterocycles. The molecule has 0 radical (unpaired) electrons. The van der Waals surface area contributed by atoms with E-state index in [2.05, 4.69) is 66.2 Å². The van der Waals surface area contributed by atoms with E-state index in [4.69, 9.17) is 0 Å². The van der Waals surface area contributed by atoms with Gasteiger partial charge in [0.2, 0.25) is 0 Å². The highest BCUT2D eigenvalue weighted by Gasteiger charge is 2.35. The molecule has 1 aromatic rings. The van der Waals surface area contributed by atoms with Crippen molar-refractivity contribution in [2.24, 2.45) is 17.3 Å². The molecule has 0 spiro atoms. The summed E-state index contributed by atoms with van der Waals surface area (Å²) >= 11 is 3.46. The first kappa shape index (κ1) is 16.0. The maximum Gasteiger partial charge on any atom is 0.0413 e. The van der Waals surface area contributed by atoms with Crippen LogP contribution >= 0.6 is 15.9 Å². The van der Waals surface area contributed by atoms with E-state index < -0.39 is 0 Å². The average molecular weight is 339 g/mol. The molecule has 20 heavy (non-hydrogen) atoms. The van der Waals surface area contributed by atoms with E-state index in [-0.39, 0.29) is 0 Å². The van der Waals surface area contributed by atoms with Crippen molar-refractivity contribution >= 4 is 15.9 Å². The molecule has 1 aromatic heterocycles. The van der Waals surface area contributed by atoms with E-state index >= 15 is 0 Å². The fourth-order valence-electron chi connectivity index (χ4n) is 3.45. The summed E-state index contributed by atoms with van der Waals surface area (Å²) in [5, 5.41) is 3.52. The van der Waals surface area contributed by atoms with Gasteiger partial charge >= 0.3 is 0 Å². The highest BCUT2D eigenvalue weighted by atomic mass is 79.9. The lowest BCUT2D eigenvalue weighted by atomic mass is 9.66. The van der Waals surface area contributed by atoms with Crippen molar-refractivity contribution in [2.75, 3.05) is 7.05 Å². The van der Waals surface area contributed by atoms with Crippen LogP contribution in [0.4, 0.5) is 0 Å². The first-order valence-corrected chi connectivity index (χ1v) is 8.47. The molecule has 1 N–H and O–H groups in total. The van der Waals surface area contributed by atoms with Gasteiger partial charge in [0.25, 0.3) is 0 Å². The molecular weight excluding hydrogens is 312 g/mol. The highest BCUT2D eigenvalue weighted by Crippen LogP contribution is 2.41. The van der Waals surface area contributed by atoms with Crippen molar-refractivity contribution in [3.8, 4) is 0 Å². The summed E-state index contributed by atoms with van der Waals surface area (Å²) in [7, 11) is 2.10. The molecule has 2 rings (SSSR count). The SMILES string of the molecule is CNC1CCC(C(C)(C)C)CC1Cc1ccc(Br)cn1. The summed E-state index contributed by atoms with van der Waals surface area (Å²) in [4.78, 5) is 4.55. The van der Waals surface area contributed by atoms with Crippen molar-refractivity contribution in [3.63, 3.8) is 0 Å². The Morgan fingerprint density at radius 3 is 2.60 bits per heavy atom. The molecular formula is C17H27BrN2. The van der Waals surface area contributed by atoms with Crippen molar-refractivity contribution in [1.29, 1.82) is 0 Å². The summed E-state index contributed by atoms with van der Waals surface area (Å²) in [6.07, 6.45) is 6.95. The molecule has 1 aliphatic carbocycles. The van der Waals surface area contributed by atoms with E-state index in [1.165, 1.54) is 25.0 Å². The second-order valence-corrected chi connectivity index (χ2v) is 8.12. The summed E-state index contributed by atoms with van der Waals surface area (Å²) in [5.41, 5.74) is 1.64. The van der Waals surface area contributed by atoms with E-state index in [9.17, 15) is 0 Å². The Kier molecular flexibility index (Phi) is 5.25. The van der Waals surface area contributed by atoms with Gasteiger partial charge in [0.15, 0.2) is 0 Å². The lowest BCUT2D eigenvalue weighted by molar-refractivity contribution is 0.116. The Balaban J connectivity index is 2.07. The van der Waals surface area contributed by atoms with Crippen LogP contribution < -0.4 is 5.32 Å². The standard InChI is InChI=1S/C17H27BrN2/c1-17(2,3)13-5-8-16(19-4)12(9-13)10-15-7-6-14(18)11-20-15/h6-7,11-13,16,19H,5,8-10H2,1-4H3. The van der Waals surface area contributed by atoms with Gasteiger partial charge < -0.3 is 5.32 Å². The number of nitrogens with one attached hydrogen (secondary N) is 1. The minimum atomic E-state index is 0.421. The molecule has 0 aliphatic heterocycles. The van der Waals surface area contributed by atoms with Crippen LogP contribution in [-0.4, -0.2) is 18.1 Å². The molecule has 1 fully saturated rings. The third-order valence-electron chi connectivity index (χ3n) is 4.84. The normalized spacial score (nSPS) is 27.6. The molecule has 0 saturated heterocycles. The Morgan fingerprint density at radius 2 is 2.05 bits per heavy atom. The van der Waals surface area contributed by atoms with Gasteiger partial charge in [-0.2, -0.15) is 0 Å². The number of pyridine rings is 1. The average Bonchev–Trinajstić information content (AvgIpc) is 2.40. The second kappa shape index (κ2) is 6.57. The largest absolute Gasteiger partial charge is 0.317 e. The minimum Gasteiger partial charge on any atom is -0.317 e. The quantitative estimate of drug-likeness (QED) is 0.881. The van der Waals surface area contributed by atoms with Crippen molar-refractivity contribution < 1.29 is 0 Å². The molecule has 1 aliphatic rings. The number of rotatable bonds is 3. The van der Waals surface area contributed by atoms with E-state index in [0.717, 1.165) is 16.8 Å². The van der Waals surface area contributed by atoms with Crippen LogP contribution in [0.25, 0.3) is 0 Å². The topological polar surface area (TPSA) is 24.9 Å². The first-order chi connectivity index (χ1) is 9.40. The lowest BCUT2D eigenvalue weighted by Crippen LogP contribution is -2.42. The molecule has 3 atom stereocenters. The second-order valence-electron chi connectivity index (χ2n) is 7.20. The van der Waals surface area contributed by atoms with E-state index in [0.29, 0.717) is 17.4 Å². The van der Waals surface area contributed by atoms with E-state index in [1.54, 1.807) is 0 Å². The predicted molar refractivity (Wildman–Crippen MR) is 88.8 cm³/mol. The zero-order valence-electron chi connectivity index (χ0n) is 13.1. The summed E-state index contributed by atoms with van der Waals surface area (Å²) in [5.74, 6) is 1.53. The molecule has 3 heteroatoms. The van der Waals surface area contributed by atoms with Gasteiger partial charge in [-0.05, 0) is 78.0 Å². The number of hydrogen-bond acceptors (Lipinski definition) is 2. The number of halogens is 1. The first-order valence-electron chi connectivity index (χ1n) is 7.68. The Morgan fingerprint density at radius 1 is 1.30 bits per heavy atom. The van der Waals surface area contributed by atoms with Gasteiger partial charge in [-0.1, -0.05) is 20.8 Å². The van der Waals surface area contributed by atoms with Gasteiger partial charge in [0, 0.05) is 22.4 Å². The van der Waals surface area contributed by atoms with Gasteiger partial charge in [-0.3, -0.25) is 4.98 Å². The van der Waals surface area contributed by atoms with Crippen molar-refractivity contribution in [2.45, 2.75) is 52.5 Å². The highest BCUT2D eigenvalue weighted by molar-refractivity contribution is 9.10. The Bertz CT molecular complexity index is 422. The third kappa shape index (κ3) is 4.05. The number of aromatic nitrogens is 1. The number of nitrogens with zero attached hydrogens (tertiary/aromatic N) is 1. The van der Waals surface area contributed by atoms with Crippen LogP contribution in [0.15, 0.2) is 22.8 Å². The van der Waals surface area contributed by atoms with Gasteiger partial charge in [-0.15, -0.1) is 0 Å². The summed E-state index contributed by atoms with van der Waals surface area (Å²) in [6, 6.07) is 4.89. The Labute approximate surface area is 131 Å². The van der Waals surface area contributed by atoms with Crippen LogP contribution in [0.1, 0.15) is 45.7 Å². The predicted octanol–water partition coefficient (Wildman–Crippen LogP) is 4.44. The molecule has 0 aromatic carbocycles. The molecule has 2 nitrogen and oxygen atoms in total. The monoisotopic (exact) mass is 338 g/mol. The lowest BCUT2D eigenvalue weighted by Gasteiger charge is -2.42. The molecule has 0 bridgehead atoms. The van der Waals surface area contributed by atoms with E-state index in [1.807, 2.05) is 6.20 Å². The van der Waals surface area contributed by atoms with Crippen LogP contribution in [0.3, 0.4) is 0 Å². The fraction of sp³-hybridized carbons (Fsp3) is 0.706. The molecule has 0 amide bonds. The Hall–Kier alpha value is -0.410. The minimum absolute atomic E-state index is 0.421. The van der Waals surface area contributed by atoms with Crippen LogP contribution in [-0.2, 0) is 6.42 Å². The summed E-state index contributed by atoms with van der Waals surface area (Å²) in [6.45, 7) is 7.14. The third-order valence-corrected chi connectivity index (χ3v) is 5.31. The van der Waals surface area contributed by atoms with Crippen LogP contribution in [0.5, 0.6) is 0 Å². The molecule has 1 saturated carbocycles. The zero-order chi connectivity index (χ0) is 14.8. The molecule has 112 valence electrons. The van der Waals surface area contributed by atoms with Crippen molar-refractivity contribution in [3.05, 3.63) is 28.5 Å². The van der Waals surface area contributed by atoms with Crippen molar-refractivity contribution in [1.82, 2.24) is 10.3 Å². The number of hydrogen-bond donors (Lipinski definition) is 1. The van der Waals surface area contributed by atoms with Gasteiger partial charge in [-0.25, -0.2) is 0 Å². The molecule has 3 unspecified atom stereocenters. The zero-order valence-corrected chi connectivity index (χ0v) is 14.7. The maximum absolute atomic E-state index is 4.55. The van der Waals surface area contributed by atoms with Crippen LogP contribution in [0.2, 0.25) is 0 Å². The summed E-state index contributed by atoms with van der Waals surface area (Å²) < 4.78 is 1.06.